The van der Waals surface area contributed by atoms with E-state index in [0.29, 0.717) is 0 Å². The van der Waals surface area contributed by atoms with E-state index in [9.17, 15) is 0 Å². The maximum atomic E-state index is 6.97. The van der Waals surface area contributed by atoms with Crippen LogP contribution in [0.1, 0.15) is 0 Å². The van der Waals surface area contributed by atoms with Crippen molar-refractivity contribution in [1.82, 2.24) is 0 Å². The van der Waals surface area contributed by atoms with E-state index in [4.69, 9.17) is 4.42 Å². The summed E-state index contributed by atoms with van der Waals surface area (Å²) in [5.41, 5.74) is 9.64. The van der Waals surface area contributed by atoms with E-state index in [2.05, 4.69) is 181 Å². The summed E-state index contributed by atoms with van der Waals surface area (Å²) >= 11 is 3.72. The Morgan fingerprint density at radius 1 is 0.365 bits per heavy atom. The number of para-hydroxylation sites is 2. The number of anilines is 3. The third-order valence-electron chi connectivity index (χ3n) is 10.3. The van der Waals surface area contributed by atoms with E-state index in [1.807, 2.05) is 22.7 Å². The van der Waals surface area contributed by atoms with E-state index in [-0.39, 0.29) is 0 Å². The van der Waals surface area contributed by atoms with E-state index < -0.39 is 0 Å². The second-order valence-electron chi connectivity index (χ2n) is 13.2. The lowest BCUT2D eigenvalue weighted by molar-refractivity contribution is 0.670. The van der Waals surface area contributed by atoms with Gasteiger partial charge in [-0.3, -0.25) is 0 Å². The first-order valence-corrected chi connectivity index (χ1v) is 19.1. The fourth-order valence-electron chi connectivity index (χ4n) is 7.87. The molecule has 0 saturated carbocycles. The molecule has 52 heavy (non-hydrogen) atoms. The molecule has 2 nitrogen and oxygen atoms in total. The molecule has 0 aliphatic heterocycles. The minimum Gasteiger partial charge on any atom is -0.453 e. The lowest BCUT2D eigenvalue weighted by Gasteiger charge is -2.26. The first-order chi connectivity index (χ1) is 25.8. The highest BCUT2D eigenvalue weighted by molar-refractivity contribution is 7.26. The van der Waals surface area contributed by atoms with Gasteiger partial charge >= 0.3 is 0 Å². The molecule has 0 spiro atoms. The summed E-state index contributed by atoms with van der Waals surface area (Å²) in [6.07, 6.45) is 0. The molecule has 3 aromatic heterocycles. The molecule has 11 rings (SSSR count). The van der Waals surface area contributed by atoms with Crippen molar-refractivity contribution in [2.24, 2.45) is 0 Å². The Hall–Kier alpha value is -6.20. The Morgan fingerprint density at radius 3 is 1.75 bits per heavy atom. The van der Waals surface area contributed by atoms with Crippen LogP contribution < -0.4 is 4.90 Å². The summed E-state index contributed by atoms with van der Waals surface area (Å²) in [5, 5.41) is 7.39. The van der Waals surface area contributed by atoms with Gasteiger partial charge in [0, 0.05) is 68.1 Å². The second-order valence-corrected chi connectivity index (χ2v) is 15.4. The van der Waals surface area contributed by atoms with Crippen molar-refractivity contribution in [1.29, 1.82) is 0 Å². The van der Waals surface area contributed by atoms with Gasteiger partial charge in [-0.15, -0.1) is 22.7 Å². The number of furan rings is 1. The Balaban J connectivity index is 1.12. The van der Waals surface area contributed by atoms with Gasteiger partial charge in [-0.25, -0.2) is 0 Å². The molecule has 0 N–H and O–H groups in total. The molecule has 3 heterocycles. The zero-order valence-electron chi connectivity index (χ0n) is 27.9. The molecule has 0 aliphatic rings. The summed E-state index contributed by atoms with van der Waals surface area (Å²) in [6.45, 7) is 0. The van der Waals surface area contributed by atoms with Crippen molar-refractivity contribution in [2.45, 2.75) is 0 Å². The van der Waals surface area contributed by atoms with Crippen LogP contribution in [0.5, 0.6) is 0 Å². The average molecular weight is 700 g/mol. The standard InChI is InChI=1S/C48H29NOS2/c1-2-11-30(12-3-1)34-15-8-17-38-39-18-10-20-42(47(39)50-46(34)38)49(33-27-28-45-41(29-33)37-14-5-6-21-43(37)51-45)32-25-23-31(24-26-32)35-16-9-19-40-36-13-4-7-22-44(36)52-48(35)40/h1-29H. The third kappa shape index (κ3) is 4.55. The molecule has 0 bridgehead atoms. The van der Waals surface area contributed by atoms with Crippen molar-refractivity contribution >= 4 is 102 Å². The zero-order chi connectivity index (χ0) is 34.2. The number of thiophene rings is 2. The molecule has 0 aliphatic carbocycles. The van der Waals surface area contributed by atoms with E-state index in [1.54, 1.807) is 0 Å². The van der Waals surface area contributed by atoms with Crippen LogP contribution in [-0.2, 0) is 0 Å². The lowest BCUT2D eigenvalue weighted by Crippen LogP contribution is -2.10. The third-order valence-corrected chi connectivity index (χ3v) is 12.7. The predicted molar refractivity (Wildman–Crippen MR) is 225 cm³/mol. The number of rotatable bonds is 5. The Morgan fingerprint density at radius 2 is 0.942 bits per heavy atom. The molecule has 0 fully saturated rings. The van der Waals surface area contributed by atoms with Crippen LogP contribution in [-0.4, -0.2) is 0 Å². The fraction of sp³-hybridized carbons (Fsp3) is 0. The average Bonchev–Trinajstić information content (AvgIpc) is 3.90. The van der Waals surface area contributed by atoms with Crippen LogP contribution in [0.4, 0.5) is 17.1 Å². The van der Waals surface area contributed by atoms with Crippen LogP contribution in [0.2, 0.25) is 0 Å². The van der Waals surface area contributed by atoms with Crippen LogP contribution in [0.15, 0.2) is 180 Å². The molecule has 244 valence electrons. The van der Waals surface area contributed by atoms with Gasteiger partial charge in [-0.05, 0) is 65.2 Å². The Kier molecular flexibility index (Phi) is 6.63. The molecular formula is C48H29NOS2. The van der Waals surface area contributed by atoms with Gasteiger partial charge in [-0.1, -0.05) is 127 Å². The number of benzene rings is 8. The summed E-state index contributed by atoms with van der Waals surface area (Å²) < 4.78 is 12.2. The SMILES string of the molecule is c1ccc(-c2cccc3c2oc2c(N(c4ccc(-c5cccc6c5sc5ccccc56)cc4)c4ccc5sc6ccccc6c5c4)cccc23)cc1. The van der Waals surface area contributed by atoms with Gasteiger partial charge in [0.15, 0.2) is 5.58 Å². The number of fused-ring (bicyclic) bond motifs is 9. The molecule has 4 heteroatoms. The highest BCUT2D eigenvalue weighted by Crippen LogP contribution is 2.46. The van der Waals surface area contributed by atoms with Gasteiger partial charge in [-0.2, -0.15) is 0 Å². The van der Waals surface area contributed by atoms with E-state index >= 15 is 0 Å². The highest BCUT2D eigenvalue weighted by Gasteiger charge is 2.22. The molecule has 0 amide bonds. The van der Waals surface area contributed by atoms with Gasteiger partial charge < -0.3 is 9.32 Å². The summed E-state index contributed by atoms with van der Waals surface area (Å²) in [5.74, 6) is 0. The van der Waals surface area contributed by atoms with Crippen LogP contribution >= 0.6 is 22.7 Å². The minimum atomic E-state index is 0.871. The van der Waals surface area contributed by atoms with Crippen molar-refractivity contribution in [3.63, 3.8) is 0 Å². The maximum Gasteiger partial charge on any atom is 0.159 e. The Labute approximate surface area is 308 Å². The van der Waals surface area contributed by atoms with Crippen molar-refractivity contribution < 1.29 is 4.42 Å². The smallest absolute Gasteiger partial charge is 0.159 e. The quantitative estimate of drug-likeness (QED) is 0.178. The zero-order valence-corrected chi connectivity index (χ0v) is 29.5. The summed E-state index contributed by atoms with van der Waals surface area (Å²) in [6, 6.07) is 63.5. The predicted octanol–water partition coefficient (Wildman–Crippen LogP) is 15.1. The summed E-state index contributed by atoms with van der Waals surface area (Å²) in [7, 11) is 0. The topological polar surface area (TPSA) is 16.4 Å². The van der Waals surface area contributed by atoms with E-state index in [1.165, 1.54) is 51.5 Å². The van der Waals surface area contributed by atoms with Crippen LogP contribution in [0.25, 0.3) is 84.5 Å². The first kappa shape index (κ1) is 29.5. The number of hydrogen-bond acceptors (Lipinski definition) is 4. The molecule has 0 radical (unpaired) electrons. The molecular weight excluding hydrogens is 671 g/mol. The first-order valence-electron chi connectivity index (χ1n) is 17.5. The monoisotopic (exact) mass is 699 g/mol. The van der Waals surface area contributed by atoms with Gasteiger partial charge in [0.05, 0.1) is 5.69 Å². The minimum absolute atomic E-state index is 0.871. The second kappa shape index (κ2) is 11.7. The molecule has 8 aromatic carbocycles. The van der Waals surface area contributed by atoms with Crippen molar-refractivity contribution in [3.05, 3.63) is 176 Å². The fourth-order valence-corrected chi connectivity index (χ4v) is 10.2. The summed E-state index contributed by atoms with van der Waals surface area (Å²) in [4.78, 5) is 2.36. The number of nitrogens with zero attached hydrogens (tertiary/aromatic N) is 1. The van der Waals surface area contributed by atoms with Crippen LogP contribution in [0.3, 0.4) is 0 Å². The maximum absolute atomic E-state index is 6.97. The van der Waals surface area contributed by atoms with Crippen LogP contribution in [0, 0.1) is 0 Å². The lowest BCUT2D eigenvalue weighted by atomic mass is 10.0. The van der Waals surface area contributed by atoms with Gasteiger partial charge in [0.25, 0.3) is 0 Å². The van der Waals surface area contributed by atoms with Gasteiger partial charge in [0.1, 0.15) is 5.58 Å². The number of hydrogen-bond donors (Lipinski definition) is 0. The van der Waals surface area contributed by atoms with Crippen molar-refractivity contribution in [2.75, 3.05) is 4.90 Å². The molecule has 0 atom stereocenters. The molecule has 0 saturated heterocycles. The van der Waals surface area contributed by atoms with Crippen molar-refractivity contribution in [3.8, 4) is 22.3 Å². The van der Waals surface area contributed by atoms with Gasteiger partial charge in [0.2, 0.25) is 0 Å². The highest BCUT2D eigenvalue weighted by atomic mass is 32.1. The Bertz CT molecular complexity index is 3130. The normalized spacial score (nSPS) is 11.8. The molecule has 0 unspecified atom stereocenters. The largest absolute Gasteiger partial charge is 0.453 e. The van der Waals surface area contributed by atoms with E-state index in [0.717, 1.165) is 50.1 Å². The molecule has 11 aromatic rings.